The van der Waals surface area contributed by atoms with E-state index in [2.05, 4.69) is 0 Å². The molecule has 0 fully saturated rings. The number of fused-ring (bicyclic) bond motifs is 1. The van der Waals surface area contributed by atoms with Gasteiger partial charge in [0.05, 0.1) is 16.6 Å². The zero-order chi connectivity index (χ0) is 21.9. The van der Waals surface area contributed by atoms with E-state index in [1.165, 1.54) is 0 Å². The molecule has 0 aliphatic rings. The number of aromatic nitrogens is 2. The van der Waals surface area contributed by atoms with E-state index in [1.807, 2.05) is 89.5 Å². The van der Waals surface area contributed by atoms with Crippen molar-refractivity contribution in [1.82, 2.24) is 9.55 Å². The van der Waals surface area contributed by atoms with Crippen LogP contribution in [0.2, 0.25) is 0 Å². The molecule has 5 rings (SSSR count). The molecule has 1 heterocycles. The fourth-order valence-electron chi connectivity index (χ4n) is 3.76. The quantitative estimate of drug-likeness (QED) is 0.368. The molecule has 0 amide bonds. The van der Waals surface area contributed by atoms with E-state index in [1.54, 1.807) is 18.2 Å². The van der Waals surface area contributed by atoms with Crippen molar-refractivity contribution in [3.63, 3.8) is 0 Å². The summed E-state index contributed by atoms with van der Waals surface area (Å²) in [5, 5.41) is 9.70. The summed E-state index contributed by atoms with van der Waals surface area (Å²) in [4.78, 5) is 16.6. The second kappa shape index (κ2) is 8.40. The molecule has 0 aliphatic heterocycles. The Bertz CT molecular complexity index is 1390. The molecule has 0 bridgehead atoms. The molecule has 156 valence electrons. The summed E-state index contributed by atoms with van der Waals surface area (Å²) in [6.07, 6.45) is 0. The van der Waals surface area contributed by atoms with Crippen LogP contribution in [-0.4, -0.2) is 20.6 Å². The van der Waals surface area contributed by atoms with Crippen molar-refractivity contribution in [3.05, 3.63) is 114 Å². The van der Waals surface area contributed by atoms with Crippen LogP contribution in [0.4, 0.5) is 0 Å². The van der Waals surface area contributed by atoms with Crippen molar-refractivity contribution in [2.24, 2.45) is 0 Å². The number of hydrogen-bond donors (Lipinski definition) is 1. The topological polar surface area (TPSA) is 64.3 Å². The van der Waals surface area contributed by atoms with Gasteiger partial charge in [-0.1, -0.05) is 60.7 Å². The average Bonchev–Trinajstić information content (AvgIpc) is 3.23. The molecule has 4 aromatic carbocycles. The largest absolute Gasteiger partial charge is 0.489 e. The van der Waals surface area contributed by atoms with Gasteiger partial charge in [-0.2, -0.15) is 0 Å². The molecular weight excluding hydrogens is 400 g/mol. The summed E-state index contributed by atoms with van der Waals surface area (Å²) in [5.41, 5.74) is 4.46. The number of carboxylic acid groups (broad SMARTS) is 1. The van der Waals surface area contributed by atoms with Gasteiger partial charge in [-0.3, -0.25) is 4.57 Å². The minimum Gasteiger partial charge on any atom is -0.489 e. The first kappa shape index (κ1) is 19.6. The Kier molecular flexibility index (Phi) is 5.14. The first-order valence-corrected chi connectivity index (χ1v) is 10.3. The summed E-state index contributed by atoms with van der Waals surface area (Å²) in [6.45, 7) is 0.491. The fraction of sp³-hybridized carbons (Fsp3) is 0.0370. The number of rotatable bonds is 6. The molecule has 0 aliphatic carbocycles. The Morgan fingerprint density at radius 1 is 0.812 bits per heavy atom. The minimum atomic E-state index is -0.983. The third kappa shape index (κ3) is 3.72. The number of imidazole rings is 1. The van der Waals surface area contributed by atoms with E-state index in [-0.39, 0.29) is 5.56 Å². The van der Waals surface area contributed by atoms with Crippen LogP contribution in [0, 0.1) is 0 Å². The van der Waals surface area contributed by atoms with E-state index < -0.39 is 5.97 Å². The van der Waals surface area contributed by atoms with E-state index >= 15 is 0 Å². The molecule has 0 radical (unpaired) electrons. The Labute approximate surface area is 185 Å². The Morgan fingerprint density at radius 2 is 1.50 bits per heavy atom. The summed E-state index contributed by atoms with van der Waals surface area (Å²) < 4.78 is 7.90. The molecule has 0 saturated heterocycles. The number of aromatic carboxylic acids is 1. The zero-order valence-corrected chi connectivity index (χ0v) is 17.2. The number of carboxylic acids is 1. The summed E-state index contributed by atoms with van der Waals surface area (Å²) in [6, 6.07) is 32.5. The molecule has 5 nitrogen and oxygen atoms in total. The standard InChI is InChI=1S/C27H20N2O3/c30-27(31)23-11-5-4-10-22(23)26-28-24-12-6-7-13-25(24)29(26)20-14-16-21(17-15-20)32-18-19-8-2-1-3-9-19/h1-17H,18H2,(H,30,31). The van der Waals surface area contributed by atoms with Crippen LogP contribution in [0.1, 0.15) is 15.9 Å². The molecule has 5 heteroatoms. The van der Waals surface area contributed by atoms with Crippen molar-refractivity contribution in [2.75, 3.05) is 0 Å². The highest BCUT2D eigenvalue weighted by Gasteiger charge is 2.19. The summed E-state index contributed by atoms with van der Waals surface area (Å²) >= 11 is 0. The molecule has 5 aromatic rings. The second-order valence-electron chi connectivity index (χ2n) is 7.38. The van der Waals surface area contributed by atoms with Crippen molar-refractivity contribution < 1.29 is 14.6 Å². The molecular formula is C27H20N2O3. The highest BCUT2D eigenvalue weighted by atomic mass is 16.5. The highest BCUT2D eigenvalue weighted by molar-refractivity contribution is 5.96. The lowest BCUT2D eigenvalue weighted by molar-refractivity contribution is 0.0697. The monoisotopic (exact) mass is 420 g/mol. The van der Waals surface area contributed by atoms with Gasteiger partial charge in [-0.05, 0) is 48.0 Å². The zero-order valence-electron chi connectivity index (χ0n) is 17.2. The first-order chi connectivity index (χ1) is 15.7. The van der Waals surface area contributed by atoms with Crippen LogP contribution in [0.25, 0.3) is 28.1 Å². The van der Waals surface area contributed by atoms with Gasteiger partial charge in [0.25, 0.3) is 0 Å². The SMILES string of the molecule is O=C(O)c1ccccc1-c1nc2ccccc2n1-c1ccc(OCc2ccccc2)cc1. The van der Waals surface area contributed by atoms with Crippen LogP contribution >= 0.6 is 0 Å². The molecule has 0 atom stereocenters. The van der Waals surface area contributed by atoms with Crippen molar-refractivity contribution in [3.8, 4) is 22.8 Å². The lowest BCUT2D eigenvalue weighted by Crippen LogP contribution is -2.04. The fourth-order valence-corrected chi connectivity index (χ4v) is 3.76. The number of nitrogens with zero attached hydrogens (tertiary/aromatic N) is 2. The van der Waals surface area contributed by atoms with Crippen LogP contribution in [0.5, 0.6) is 5.75 Å². The average molecular weight is 420 g/mol. The molecule has 0 saturated carbocycles. The van der Waals surface area contributed by atoms with Crippen LogP contribution in [0.15, 0.2) is 103 Å². The maximum atomic E-state index is 11.8. The normalized spacial score (nSPS) is 10.9. The number of carbonyl (C=O) groups is 1. The molecule has 1 aromatic heterocycles. The Hall–Kier alpha value is -4.38. The van der Waals surface area contributed by atoms with E-state index in [0.29, 0.717) is 18.0 Å². The first-order valence-electron chi connectivity index (χ1n) is 10.3. The molecule has 1 N–H and O–H groups in total. The lowest BCUT2D eigenvalue weighted by atomic mass is 10.1. The van der Waals surface area contributed by atoms with Crippen LogP contribution in [-0.2, 0) is 6.61 Å². The number of para-hydroxylation sites is 2. The Balaban J connectivity index is 1.56. The van der Waals surface area contributed by atoms with Gasteiger partial charge in [0.2, 0.25) is 0 Å². The maximum absolute atomic E-state index is 11.8. The van der Waals surface area contributed by atoms with Gasteiger partial charge < -0.3 is 9.84 Å². The number of hydrogen-bond acceptors (Lipinski definition) is 3. The van der Waals surface area contributed by atoms with Crippen molar-refractivity contribution >= 4 is 17.0 Å². The van der Waals surface area contributed by atoms with Gasteiger partial charge >= 0.3 is 5.97 Å². The van der Waals surface area contributed by atoms with Crippen LogP contribution in [0.3, 0.4) is 0 Å². The Morgan fingerprint density at radius 3 is 2.28 bits per heavy atom. The molecule has 0 spiro atoms. The third-order valence-corrected chi connectivity index (χ3v) is 5.30. The lowest BCUT2D eigenvalue weighted by Gasteiger charge is -2.12. The third-order valence-electron chi connectivity index (χ3n) is 5.30. The van der Waals surface area contributed by atoms with Gasteiger partial charge in [0.15, 0.2) is 0 Å². The second-order valence-corrected chi connectivity index (χ2v) is 7.38. The van der Waals surface area contributed by atoms with E-state index in [0.717, 1.165) is 28.0 Å². The van der Waals surface area contributed by atoms with Gasteiger partial charge in [-0.15, -0.1) is 0 Å². The highest BCUT2D eigenvalue weighted by Crippen LogP contribution is 2.31. The van der Waals surface area contributed by atoms with Gasteiger partial charge in [0, 0.05) is 11.3 Å². The minimum absolute atomic E-state index is 0.215. The van der Waals surface area contributed by atoms with E-state index in [9.17, 15) is 9.90 Å². The summed E-state index contributed by atoms with van der Waals surface area (Å²) in [5.74, 6) is 0.362. The summed E-state index contributed by atoms with van der Waals surface area (Å²) in [7, 11) is 0. The maximum Gasteiger partial charge on any atom is 0.336 e. The van der Waals surface area contributed by atoms with Crippen molar-refractivity contribution in [2.45, 2.75) is 6.61 Å². The molecule has 0 unspecified atom stereocenters. The number of ether oxygens (including phenoxy) is 1. The predicted molar refractivity (Wildman–Crippen MR) is 124 cm³/mol. The van der Waals surface area contributed by atoms with Crippen LogP contribution < -0.4 is 4.74 Å². The smallest absolute Gasteiger partial charge is 0.336 e. The predicted octanol–water partition coefficient (Wildman–Crippen LogP) is 5.97. The van der Waals surface area contributed by atoms with Crippen molar-refractivity contribution in [1.29, 1.82) is 0 Å². The van der Waals surface area contributed by atoms with Gasteiger partial charge in [-0.25, -0.2) is 9.78 Å². The number of benzene rings is 4. The molecule has 32 heavy (non-hydrogen) atoms. The van der Waals surface area contributed by atoms with Gasteiger partial charge in [0.1, 0.15) is 18.2 Å². The van der Waals surface area contributed by atoms with E-state index in [4.69, 9.17) is 9.72 Å².